The molecule has 0 aliphatic carbocycles. The number of imidazole rings is 1. The molecular formula is C15H10Cl2N2O2. The summed E-state index contributed by atoms with van der Waals surface area (Å²) < 4.78 is 1.64. The van der Waals surface area contributed by atoms with Gasteiger partial charge in [0.15, 0.2) is 0 Å². The van der Waals surface area contributed by atoms with Crippen LogP contribution >= 0.6 is 23.2 Å². The van der Waals surface area contributed by atoms with Gasteiger partial charge in [-0.3, -0.25) is 4.79 Å². The summed E-state index contributed by atoms with van der Waals surface area (Å²) in [6.45, 7) is -0.181. The lowest BCUT2D eigenvalue weighted by molar-refractivity contribution is -0.137. The number of halogens is 2. The van der Waals surface area contributed by atoms with Gasteiger partial charge >= 0.3 is 5.97 Å². The molecule has 0 saturated heterocycles. The number of benzene rings is 2. The highest BCUT2D eigenvalue weighted by Gasteiger charge is 2.15. The van der Waals surface area contributed by atoms with Crippen LogP contribution in [0.3, 0.4) is 0 Å². The van der Waals surface area contributed by atoms with Crippen LogP contribution in [-0.2, 0) is 11.3 Å². The van der Waals surface area contributed by atoms with E-state index in [1.54, 1.807) is 22.8 Å². The summed E-state index contributed by atoms with van der Waals surface area (Å²) in [4.78, 5) is 15.6. The van der Waals surface area contributed by atoms with Crippen molar-refractivity contribution in [2.45, 2.75) is 6.54 Å². The summed E-state index contributed by atoms with van der Waals surface area (Å²) in [6.07, 6.45) is 0. The molecule has 106 valence electrons. The number of carbonyl (C=O) groups is 1. The monoisotopic (exact) mass is 320 g/mol. The fourth-order valence-electron chi connectivity index (χ4n) is 2.27. The average Bonchev–Trinajstić information content (AvgIpc) is 2.76. The van der Waals surface area contributed by atoms with E-state index in [4.69, 9.17) is 28.3 Å². The van der Waals surface area contributed by atoms with Gasteiger partial charge in [0, 0.05) is 15.6 Å². The van der Waals surface area contributed by atoms with Gasteiger partial charge in [-0.25, -0.2) is 4.98 Å². The fourth-order valence-corrected chi connectivity index (χ4v) is 2.80. The number of fused-ring (bicyclic) bond motifs is 1. The summed E-state index contributed by atoms with van der Waals surface area (Å²) >= 11 is 12.0. The zero-order valence-electron chi connectivity index (χ0n) is 10.8. The summed E-state index contributed by atoms with van der Waals surface area (Å²) in [5.41, 5.74) is 2.17. The number of nitrogens with zero attached hydrogens (tertiary/aromatic N) is 2. The summed E-state index contributed by atoms with van der Waals surface area (Å²) in [6, 6.07) is 12.4. The maximum Gasteiger partial charge on any atom is 0.323 e. The smallest absolute Gasteiger partial charge is 0.323 e. The molecule has 0 fully saturated rings. The van der Waals surface area contributed by atoms with Crippen LogP contribution in [0.1, 0.15) is 0 Å². The molecule has 1 aromatic heterocycles. The number of carboxylic acids is 1. The lowest BCUT2D eigenvalue weighted by Gasteiger charge is -2.07. The number of hydrogen-bond donors (Lipinski definition) is 1. The Hall–Kier alpha value is -2.04. The molecule has 0 unspecified atom stereocenters. The zero-order valence-corrected chi connectivity index (χ0v) is 12.3. The predicted octanol–water partition coefficient (Wildman–Crippen LogP) is 4.09. The van der Waals surface area contributed by atoms with Gasteiger partial charge in [-0.05, 0) is 30.3 Å². The molecule has 0 aliphatic heterocycles. The van der Waals surface area contributed by atoms with Gasteiger partial charge in [-0.2, -0.15) is 0 Å². The fraction of sp³-hybridized carbons (Fsp3) is 0.0667. The summed E-state index contributed by atoms with van der Waals surface area (Å²) in [5.74, 6) is -0.407. The van der Waals surface area contributed by atoms with E-state index in [1.165, 1.54) is 0 Å². The van der Waals surface area contributed by atoms with Crippen molar-refractivity contribution in [3.05, 3.63) is 52.5 Å². The Morgan fingerprint density at radius 3 is 2.48 bits per heavy atom. The van der Waals surface area contributed by atoms with Crippen LogP contribution in [0.5, 0.6) is 0 Å². The summed E-state index contributed by atoms with van der Waals surface area (Å²) in [7, 11) is 0. The lowest BCUT2D eigenvalue weighted by atomic mass is 10.2. The van der Waals surface area contributed by atoms with Crippen molar-refractivity contribution in [1.29, 1.82) is 0 Å². The normalized spacial score (nSPS) is 11.0. The first-order chi connectivity index (χ1) is 10.0. The van der Waals surface area contributed by atoms with Crippen molar-refractivity contribution >= 4 is 40.2 Å². The molecule has 0 atom stereocenters. The second kappa shape index (κ2) is 5.39. The van der Waals surface area contributed by atoms with Gasteiger partial charge in [0.25, 0.3) is 0 Å². The Kier molecular flexibility index (Phi) is 3.57. The van der Waals surface area contributed by atoms with Crippen LogP contribution < -0.4 is 0 Å². The Morgan fingerprint density at radius 2 is 1.81 bits per heavy atom. The van der Waals surface area contributed by atoms with E-state index in [0.29, 0.717) is 21.4 Å². The third-order valence-electron chi connectivity index (χ3n) is 3.07. The number of rotatable bonds is 3. The van der Waals surface area contributed by atoms with Crippen LogP contribution in [0.25, 0.3) is 22.4 Å². The molecule has 0 aliphatic rings. The second-order valence-corrected chi connectivity index (χ2v) is 5.44. The Balaban J connectivity index is 2.27. The Bertz CT molecular complexity index is 823. The van der Waals surface area contributed by atoms with Crippen molar-refractivity contribution in [3.63, 3.8) is 0 Å². The molecule has 1 heterocycles. The van der Waals surface area contributed by atoms with Gasteiger partial charge in [0.05, 0.1) is 11.0 Å². The third kappa shape index (κ3) is 2.73. The maximum absolute atomic E-state index is 11.1. The topological polar surface area (TPSA) is 55.1 Å². The van der Waals surface area contributed by atoms with E-state index < -0.39 is 5.97 Å². The van der Waals surface area contributed by atoms with Gasteiger partial charge in [0.1, 0.15) is 12.4 Å². The number of para-hydroxylation sites is 2. The van der Waals surface area contributed by atoms with E-state index in [9.17, 15) is 4.79 Å². The standard InChI is InChI=1S/C15H10Cl2N2O2/c16-10-5-9(6-11(17)7-10)15-18-12-3-1-2-4-13(12)19(15)8-14(20)21/h1-7H,8H2,(H,20,21). The molecule has 2 aromatic carbocycles. The van der Waals surface area contributed by atoms with Crippen LogP contribution in [0.15, 0.2) is 42.5 Å². The van der Waals surface area contributed by atoms with Crippen molar-refractivity contribution in [2.24, 2.45) is 0 Å². The molecule has 0 spiro atoms. The Labute approximate surface area is 130 Å². The predicted molar refractivity (Wildman–Crippen MR) is 82.8 cm³/mol. The average molecular weight is 321 g/mol. The number of aliphatic carboxylic acids is 1. The minimum Gasteiger partial charge on any atom is -0.480 e. The first-order valence-electron chi connectivity index (χ1n) is 6.18. The van der Waals surface area contributed by atoms with Gasteiger partial charge in [-0.15, -0.1) is 0 Å². The van der Waals surface area contributed by atoms with E-state index in [1.807, 2.05) is 24.3 Å². The van der Waals surface area contributed by atoms with Gasteiger partial charge in [0.2, 0.25) is 0 Å². The molecule has 3 rings (SSSR count). The van der Waals surface area contributed by atoms with Gasteiger partial charge < -0.3 is 9.67 Å². The molecule has 0 bridgehead atoms. The molecule has 0 amide bonds. The SMILES string of the molecule is O=C(O)Cn1c(-c2cc(Cl)cc(Cl)c2)nc2ccccc21. The van der Waals surface area contributed by atoms with Crippen molar-refractivity contribution in [2.75, 3.05) is 0 Å². The largest absolute Gasteiger partial charge is 0.480 e. The summed E-state index contributed by atoms with van der Waals surface area (Å²) in [5, 5.41) is 10.1. The Morgan fingerprint density at radius 1 is 1.14 bits per heavy atom. The highest BCUT2D eigenvalue weighted by molar-refractivity contribution is 6.35. The molecule has 6 heteroatoms. The van der Waals surface area contributed by atoms with E-state index in [0.717, 1.165) is 11.0 Å². The van der Waals surface area contributed by atoms with Crippen LogP contribution in [0, 0.1) is 0 Å². The number of hydrogen-bond acceptors (Lipinski definition) is 2. The highest BCUT2D eigenvalue weighted by Crippen LogP contribution is 2.29. The van der Waals surface area contributed by atoms with Crippen LogP contribution in [0.4, 0.5) is 0 Å². The minimum atomic E-state index is -0.937. The molecule has 1 N–H and O–H groups in total. The molecular weight excluding hydrogens is 311 g/mol. The van der Waals surface area contributed by atoms with E-state index >= 15 is 0 Å². The maximum atomic E-state index is 11.1. The van der Waals surface area contributed by atoms with Crippen LogP contribution in [0.2, 0.25) is 10.0 Å². The number of carboxylic acid groups (broad SMARTS) is 1. The molecule has 0 radical (unpaired) electrons. The quantitative estimate of drug-likeness (QED) is 0.790. The lowest BCUT2D eigenvalue weighted by Crippen LogP contribution is -2.10. The minimum absolute atomic E-state index is 0.181. The third-order valence-corrected chi connectivity index (χ3v) is 3.51. The molecule has 4 nitrogen and oxygen atoms in total. The van der Waals surface area contributed by atoms with Gasteiger partial charge in [-0.1, -0.05) is 35.3 Å². The first kappa shape index (κ1) is 13.9. The molecule has 0 saturated carbocycles. The van der Waals surface area contributed by atoms with Crippen LogP contribution in [-0.4, -0.2) is 20.6 Å². The zero-order chi connectivity index (χ0) is 15.0. The first-order valence-corrected chi connectivity index (χ1v) is 6.94. The van der Waals surface area contributed by atoms with Crippen molar-refractivity contribution in [3.8, 4) is 11.4 Å². The van der Waals surface area contributed by atoms with E-state index in [2.05, 4.69) is 4.98 Å². The second-order valence-electron chi connectivity index (χ2n) is 4.56. The highest BCUT2D eigenvalue weighted by atomic mass is 35.5. The number of aromatic nitrogens is 2. The van der Waals surface area contributed by atoms with Crippen molar-refractivity contribution in [1.82, 2.24) is 9.55 Å². The molecule has 21 heavy (non-hydrogen) atoms. The van der Waals surface area contributed by atoms with Crippen molar-refractivity contribution < 1.29 is 9.90 Å². The van der Waals surface area contributed by atoms with E-state index in [-0.39, 0.29) is 6.54 Å². The molecule has 3 aromatic rings.